The molecular weight excluding hydrogens is 671 g/mol. The first-order chi connectivity index (χ1) is 27.2. The van der Waals surface area contributed by atoms with Crippen LogP contribution in [0.25, 0.3) is 88.0 Å². The largest absolute Gasteiger partial charge is 0.456 e. The molecule has 0 unspecified atom stereocenters. The smallest absolute Gasteiger partial charge is 0.136 e. The lowest BCUT2D eigenvalue weighted by Crippen LogP contribution is -2.10. The number of para-hydroxylation sites is 2. The molecule has 258 valence electrons. The first-order valence-electron chi connectivity index (χ1n) is 18.7. The fourth-order valence-electron chi connectivity index (χ4n) is 8.27. The maximum Gasteiger partial charge on any atom is 0.136 e. The second-order valence-corrected chi connectivity index (χ2v) is 14.1. The summed E-state index contributed by atoms with van der Waals surface area (Å²) < 4.78 is 12.6. The van der Waals surface area contributed by atoms with Crippen molar-refractivity contribution in [3.63, 3.8) is 0 Å². The SMILES string of the molecule is c1cc(-c2ccc3c(c2)oc2ccccc23)cc(N(c2ccc(-c3cccc4ccccc34)cc2)c2cccc(-c3cccc4oc5ccccc5c34)c2)c1. The summed E-state index contributed by atoms with van der Waals surface area (Å²) >= 11 is 0. The predicted octanol–water partition coefficient (Wildman–Crippen LogP) is 15.1. The zero-order chi connectivity index (χ0) is 36.3. The lowest BCUT2D eigenvalue weighted by atomic mass is 9.97. The van der Waals surface area contributed by atoms with Crippen LogP contribution in [0.2, 0.25) is 0 Å². The molecule has 0 saturated heterocycles. The van der Waals surface area contributed by atoms with Crippen molar-refractivity contribution in [2.24, 2.45) is 0 Å². The van der Waals surface area contributed by atoms with Gasteiger partial charge >= 0.3 is 0 Å². The first kappa shape index (κ1) is 31.2. The Labute approximate surface area is 317 Å². The van der Waals surface area contributed by atoms with E-state index in [1.165, 1.54) is 21.9 Å². The zero-order valence-electron chi connectivity index (χ0n) is 29.8. The number of nitrogens with zero attached hydrogens (tertiary/aromatic N) is 1. The van der Waals surface area contributed by atoms with Gasteiger partial charge in [0.1, 0.15) is 22.3 Å². The number of hydrogen-bond acceptors (Lipinski definition) is 3. The van der Waals surface area contributed by atoms with E-state index in [1.807, 2.05) is 24.3 Å². The molecule has 0 atom stereocenters. The van der Waals surface area contributed by atoms with Gasteiger partial charge in [0.2, 0.25) is 0 Å². The van der Waals surface area contributed by atoms with Gasteiger partial charge in [-0.05, 0) is 111 Å². The van der Waals surface area contributed by atoms with Crippen LogP contribution in [-0.4, -0.2) is 0 Å². The van der Waals surface area contributed by atoms with Gasteiger partial charge in [0.05, 0.1) is 0 Å². The van der Waals surface area contributed by atoms with Crippen molar-refractivity contribution in [2.75, 3.05) is 4.90 Å². The molecule has 11 aromatic rings. The van der Waals surface area contributed by atoms with Crippen molar-refractivity contribution in [1.29, 1.82) is 0 Å². The zero-order valence-corrected chi connectivity index (χ0v) is 29.8. The van der Waals surface area contributed by atoms with Gasteiger partial charge < -0.3 is 13.7 Å². The Bertz CT molecular complexity index is 3220. The van der Waals surface area contributed by atoms with E-state index in [9.17, 15) is 0 Å². The topological polar surface area (TPSA) is 29.5 Å². The van der Waals surface area contributed by atoms with Crippen molar-refractivity contribution >= 4 is 71.7 Å². The summed E-state index contributed by atoms with van der Waals surface area (Å²) in [6.07, 6.45) is 0. The monoisotopic (exact) mass is 703 g/mol. The summed E-state index contributed by atoms with van der Waals surface area (Å²) in [5.74, 6) is 0. The van der Waals surface area contributed by atoms with E-state index in [-0.39, 0.29) is 0 Å². The van der Waals surface area contributed by atoms with Crippen LogP contribution >= 0.6 is 0 Å². The Balaban J connectivity index is 1.06. The summed E-state index contributed by atoms with van der Waals surface area (Å²) in [5.41, 5.74) is 13.6. The molecule has 3 nitrogen and oxygen atoms in total. The summed E-state index contributed by atoms with van der Waals surface area (Å²) in [6.45, 7) is 0. The third-order valence-electron chi connectivity index (χ3n) is 10.9. The van der Waals surface area contributed by atoms with E-state index in [0.717, 1.165) is 83.2 Å². The minimum absolute atomic E-state index is 0.888. The van der Waals surface area contributed by atoms with Gasteiger partial charge in [-0.1, -0.05) is 133 Å². The van der Waals surface area contributed by atoms with Gasteiger partial charge in [-0.25, -0.2) is 0 Å². The summed E-state index contributed by atoms with van der Waals surface area (Å²) in [5, 5.41) is 6.99. The quantitative estimate of drug-likeness (QED) is 0.173. The number of hydrogen-bond donors (Lipinski definition) is 0. The minimum Gasteiger partial charge on any atom is -0.456 e. The Morgan fingerprint density at radius 2 is 0.836 bits per heavy atom. The van der Waals surface area contributed by atoms with Crippen LogP contribution in [0.15, 0.2) is 209 Å². The highest BCUT2D eigenvalue weighted by Crippen LogP contribution is 2.42. The average Bonchev–Trinajstić information content (AvgIpc) is 3.82. The second-order valence-electron chi connectivity index (χ2n) is 14.1. The standard InChI is InChI=1S/C52H33NO2/c1-2-17-42-34(11-1)12-9-20-43(42)35-25-28-39(29-26-35)53(40-15-7-13-36(31-40)37-27-30-46-45-18-3-5-22-48(45)55-51(46)33-37)41-16-8-14-38(32-41)44-21-10-24-50-52(44)47-19-4-6-23-49(47)54-50/h1-33H. The van der Waals surface area contributed by atoms with Crippen molar-refractivity contribution in [1.82, 2.24) is 0 Å². The molecule has 0 amide bonds. The van der Waals surface area contributed by atoms with Crippen LogP contribution < -0.4 is 4.90 Å². The highest BCUT2D eigenvalue weighted by molar-refractivity contribution is 6.12. The van der Waals surface area contributed by atoms with Crippen molar-refractivity contribution < 1.29 is 8.83 Å². The van der Waals surface area contributed by atoms with Gasteiger partial charge in [0.15, 0.2) is 0 Å². The summed E-state index contributed by atoms with van der Waals surface area (Å²) in [4.78, 5) is 2.35. The fraction of sp³-hybridized carbons (Fsp3) is 0. The van der Waals surface area contributed by atoms with Crippen LogP contribution in [0, 0.1) is 0 Å². The lowest BCUT2D eigenvalue weighted by molar-refractivity contribution is 0.668. The summed E-state index contributed by atoms with van der Waals surface area (Å²) in [7, 11) is 0. The summed E-state index contributed by atoms with van der Waals surface area (Å²) in [6, 6.07) is 71.1. The van der Waals surface area contributed by atoms with Crippen LogP contribution in [0.4, 0.5) is 17.1 Å². The van der Waals surface area contributed by atoms with Crippen molar-refractivity contribution in [3.8, 4) is 33.4 Å². The van der Waals surface area contributed by atoms with E-state index < -0.39 is 0 Å². The molecule has 0 spiro atoms. The van der Waals surface area contributed by atoms with E-state index in [1.54, 1.807) is 0 Å². The van der Waals surface area contributed by atoms with E-state index in [0.29, 0.717) is 0 Å². The second kappa shape index (κ2) is 12.6. The molecule has 9 aromatic carbocycles. The maximum absolute atomic E-state index is 6.29. The molecule has 0 aliphatic heterocycles. The lowest BCUT2D eigenvalue weighted by Gasteiger charge is -2.27. The number of benzene rings is 9. The maximum atomic E-state index is 6.29. The number of furan rings is 2. The Morgan fingerprint density at radius 3 is 1.67 bits per heavy atom. The van der Waals surface area contributed by atoms with E-state index in [2.05, 4.69) is 181 Å². The molecule has 0 aliphatic carbocycles. The van der Waals surface area contributed by atoms with E-state index in [4.69, 9.17) is 8.83 Å². The van der Waals surface area contributed by atoms with Crippen LogP contribution in [0.1, 0.15) is 0 Å². The van der Waals surface area contributed by atoms with Crippen LogP contribution in [0.5, 0.6) is 0 Å². The molecule has 2 heterocycles. The Kier molecular flexibility index (Phi) is 7.17. The molecule has 55 heavy (non-hydrogen) atoms. The molecule has 0 saturated carbocycles. The molecule has 0 fully saturated rings. The number of anilines is 3. The highest BCUT2D eigenvalue weighted by atomic mass is 16.3. The van der Waals surface area contributed by atoms with Crippen LogP contribution in [0.3, 0.4) is 0 Å². The minimum atomic E-state index is 0.888. The number of rotatable bonds is 6. The van der Waals surface area contributed by atoms with Crippen molar-refractivity contribution in [3.05, 3.63) is 200 Å². The third kappa shape index (κ3) is 5.28. The van der Waals surface area contributed by atoms with Gasteiger partial charge in [0.25, 0.3) is 0 Å². The average molecular weight is 704 g/mol. The van der Waals surface area contributed by atoms with Crippen molar-refractivity contribution in [2.45, 2.75) is 0 Å². The molecule has 2 aromatic heterocycles. The molecule has 3 heteroatoms. The van der Waals surface area contributed by atoms with Crippen LogP contribution in [-0.2, 0) is 0 Å². The molecule has 0 radical (unpaired) electrons. The molecule has 0 bridgehead atoms. The molecule has 11 rings (SSSR count). The normalized spacial score (nSPS) is 11.6. The van der Waals surface area contributed by atoms with Gasteiger partial charge in [-0.2, -0.15) is 0 Å². The van der Waals surface area contributed by atoms with Gasteiger partial charge in [-0.3, -0.25) is 0 Å². The number of fused-ring (bicyclic) bond motifs is 7. The Hall–Kier alpha value is -7.36. The third-order valence-corrected chi connectivity index (χ3v) is 10.9. The first-order valence-corrected chi connectivity index (χ1v) is 18.7. The van der Waals surface area contributed by atoms with E-state index >= 15 is 0 Å². The van der Waals surface area contributed by atoms with Gasteiger partial charge in [-0.15, -0.1) is 0 Å². The fourth-order valence-corrected chi connectivity index (χ4v) is 8.27. The molecule has 0 aliphatic rings. The van der Waals surface area contributed by atoms with Gasteiger partial charge in [0, 0.05) is 38.6 Å². The highest BCUT2D eigenvalue weighted by Gasteiger charge is 2.18. The molecular formula is C52H33NO2. The predicted molar refractivity (Wildman–Crippen MR) is 229 cm³/mol. The molecule has 0 N–H and O–H groups in total. The Morgan fingerprint density at radius 1 is 0.291 bits per heavy atom.